The number of benzene rings is 2. The molecule has 0 spiro atoms. The Hall–Kier alpha value is -2.90. The van der Waals surface area contributed by atoms with Gasteiger partial charge < -0.3 is 5.32 Å². The smallest absolute Gasteiger partial charge is 0.232 e. The van der Waals surface area contributed by atoms with Crippen molar-refractivity contribution in [3.05, 3.63) is 88.1 Å². The molecule has 0 aliphatic carbocycles. The average Bonchev–Trinajstić information content (AvgIpc) is 3.32. The van der Waals surface area contributed by atoms with Crippen molar-refractivity contribution in [1.29, 1.82) is 0 Å². The number of amides is 1. The van der Waals surface area contributed by atoms with Crippen LogP contribution in [0.25, 0.3) is 10.6 Å². The lowest BCUT2D eigenvalue weighted by atomic mass is 10.1. The largest absolute Gasteiger partial charge is 0.302 e. The maximum Gasteiger partial charge on any atom is 0.232 e. The first-order valence-electron chi connectivity index (χ1n) is 8.64. The number of anilines is 1. The second-order valence-electron chi connectivity index (χ2n) is 6.17. The Morgan fingerprint density at radius 2 is 1.96 bits per heavy atom. The van der Waals surface area contributed by atoms with Crippen molar-refractivity contribution in [1.82, 2.24) is 9.97 Å². The van der Waals surface area contributed by atoms with Gasteiger partial charge in [0.15, 0.2) is 5.13 Å². The first kappa shape index (κ1) is 18.5. The summed E-state index contributed by atoms with van der Waals surface area (Å²) in [5, 5.41) is 6.15. The van der Waals surface area contributed by atoms with Crippen LogP contribution in [0, 0.1) is 5.82 Å². The van der Waals surface area contributed by atoms with Crippen LogP contribution in [0.3, 0.4) is 0 Å². The molecule has 7 heteroatoms. The van der Waals surface area contributed by atoms with Gasteiger partial charge in [0.1, 0.15) is 10.8 Å². The number of nitrogens with zero attached hydrogens (tertiary/aromatic N) is 2. The van der Waals surface area contributed by atoms with E-state index < -0.39 is 0 Å². The average molecular weight is 410 g/mol. The van der Waals surface area contributed by atoms with Crippen molar-refractivity contribution >= 4 is 33.7 Å². The molecule has 140 valence electrons. The molecule has 1 amide bonds. The summed E-state index contributed by atoms with van der Waals surface area (Å²) in [6, 6.07) is 16.4. The maximum absolute atomic E-state index is 13.3. The van der Waals surface area contributed by atoms with Crippen LogP contribution in [-0.4, -0.2) is 15.9 Å². The van der Waals surface area contributed by atoms with Crippen LogP contribution in [0.4, 0.5) is 9.52 Å². The third-order valence-corrected chi connectivity index (χ3v) is 5.83. The molecule has 4 aromatic rings. The fourth-order valence-corrected chi connectivity index (χ4v) is 4.41. The summed E-state index contributed by atoms with van der Waals surface area (Å²) in [4.78, 5) is 22.1. The highest BCUT2D eigenvalue weighted by Gasteiger charge is 2.11. The van der Waals surface area contributed by atoms with Crippen molar-refractivity contribution in [3.63, 3.8) is 0 Å². The number of nitrogens with one attached hydrogen (secondary N) is 1. The molecule has 0 radical (unpaired) electrons. The van der Waals surface area contributed by atoms with E-state index in [4.69, 9.17) is 0 Å². The van der Waals surface area contributed by atoms with Crippen molar-refractivity contribution in [2.24, 2.45) is 0 Å². The zero-order valence-corrected chi connectivity index (χ0v) is 16.4. The lowest BCUT2D eigenvalue weighted by Crippen LogP contribution is -2.14. The highest BCUT2D eigenvalue weighted by molar-refractivity contribution is 7.15. The highest BCUT2D eigenvalue weighted by atomic mass is 32.1. The van der Waals surface area contributed by atoms with Crippen molar-refractivity contribution in [3.8, 4) is 10.6 Å². The molecule has 0 saturated carbocycles. The number of hydrogen-bond acceptors (Lipinski definition) is 5. The van der Waals surface area contributed by atoms with E-state index in [2.05, 4.69) is 15.3 Å². The Bertz CT molecular complexity index is 1090. The fraction of sp³-hybridized carbons (Fsp3) is 0.0952. The number of rotatable bonds is 6. The van der Waals surface area contributed by atoms with Crippen LogP contribution in [0.15, 0.2) is 66.2 Å². The Kier molecular flexibility index (Phi) is 5.55. The van der Waals surface area contributed by atoms with Crippen molar-refractivity contribution < 1.29 is 9.18 Å². The fourth-order valence-electron chi connectivity index (χ4n) is 2.72. The third kappa shape index (κ3) is 4.68. The van der Waals surface area contributed by atoms with Gasteiger partial charge in [-0.05, 0) is 17.7 Å². The molecule has 28 heavy (non-hydrogen) atoms. The predicted molar refractivity (Wildman–Crippen MR) is 111 cm³/mol. The molecular weight excluding hydrogens is 393 g/mol. The SMILES string of the molecule is O=C(Cc1csc(-c2ccccc2)n1)Nc1ncc(Cc2cccc(F)c2)s1. The van der Waals surface area contributed by atoms with Gasteiger partial charge in [-0.3, -0.25) is 4.79 Å². The normalized spacial score (nSPS) is 10.8. The lowest BCUT2D eigenvalue weighted by molar-refractivity contribution is -0.115. The Morgan fingerprint density at radius 1 is 1.11 bits per heavy atom. The van der Waals surface area contributed by atoms with Crippen LogP contribution >= 0.6 is 22.7 Å². The third-order valence-electron chi connectivity index (χ3n) is 3.98. The summed E-state index contributed by atoms with van der Waals surface area (Å²) < 4.78 is 13.3. The molecule has 1 N–H and O–H groups in total. The van der Waals surface area contributed by atoms with E-state index >= 15 is 0 Å². The monoisotopic (exact) mass is 409 g/mol. The molecule has 0 saturated heterocycles. The van der Waals surface area contributed by atoms with Gasteiger partial charge in [-0.15, -0.1) is 22.7 Å². The van der Waals surface area contributed by atoms with Gasteiger partial charge in [-0.2, -0.15) is 0 Å². The topological polar surface area (TPSA) is 54.9 Å². The molecule has 0 unspecified atom stereocenters. The molecule has 2 aromatic heterocycles. The molecule has 4 rings (SSSR count). The summed E-state index contributed by atoms with van der Waals surface area (Å²) >= 11 is 2.91. The maximum atomic E-state index is 13.3. The first-order chi connectivity index (χ1) is 13.7. The van der Waals surface area contributed by atoms with Gasteiger partial charge in [0.2, 0.25) is 5.91 Å². The van der Waals surface area contributed by atoms with E-state index in [0.717, 1.165) is 26.7 Å². The number of halogens is 1. The minimum Gasteiger partial charge on any atom is -0.302 e. The number of carbonyl (C=O) groups is 1. The molecule has 0 aliphatic rings. The summed E-state index contributed by atoms with van der Waals surface area (Å²) in [6.45, 7) is 0. The van der Waals surface area contributed by atoms with Gasteiger partial charge in [0.25, 0.3) is 0 Å². The van der Waals surface area contributed by atoms with E-state index in [1.165, 1.54) is 34.8 Å². The van der Waals surface area contributed by atoms with Crippen LogP contribution in [0.5, 0.6) is 0 Å². The minimum atomic E-state index is -0.256. The van der Waals surface area contributed by atoms with E-state index in [1.54, 1.807) is 12.3 Å². The summed E-state index contributed by atoms with van der Waals surface area (Å²) in [5.74, 6) is -0.412. The van der Waals surface area contributed by atoms with E-state index in [9.17, 15) is 9.18 Å². The van der Waals surface area contributed by atoms with E-state index in [1.807, 2.05) is 41.8 Å². The molecular formula is C21H16FN3OS2. The molecule has 0 atom stereocenters. The minimum absolute atomic E-state index is 0.156. The molecule has 0 aliphatic heterocycles. The van der Waals surface area contributed by atoms with Gasteiger partial charge in [0.05, 0.1) is 12.1 Å². The second kappa shape index (κ2) is 8.41. The lowest BCUT2D eigenvalue weighted by Gasteiger charge is -2.00. The Balaban J connectivity index is 1.36. The van der Waals surface area contributed by atoms with Crippen molar-refractivity contribution in [2.45, 2.75) is 12.8 Å². The van der Waals surface area contributed by atoms with Crippen LogP contribution < -0.4 is 5.32 Å². The van der Waals surface area contributed by atoms with Gasteiger partial charge >= 0.3 is 0 Å². The number of aromatic nitrogens is 2. The highest BCUT2D eigenvalue weighted by Crippen LogP contribution is 2.24. The first-order valence-corrected chi connectivity index (χ1v) is 10.3. The Labute approximate surface area is 169 Å². The van der Waals surface area contributed by atoms with Crippen LogP contribution in [0.2, 0.25) is 0 Å². The van der Waals surface area contributed by atoms with E-state index in [-0.39, 0.29) is 18.1 Å². The molecule has 0 bridgehead atoms. The molecule has 0 fully saturated rings. The predicted octanol–water partition coefficient (Wildman–Crippen LogP) is 5.18. The molecule has 4 nitrogen and oxygen atoms in total. The summed E-state index contributed by atoms with van der Waals surface area (Å²) in [5.41, 5.74) is 2.65. The molecule has 2 aromatic carbocycles. The van der Waals surface area contributed by atoms with Gasteiger partial charge in [-0.25, -0.2) is 14.4 Å². The van der Waals surface area contributed by atoms with E-state index in [0.29, 0.717) is 11.6 Å². The van der Waals surface area contributed by atoms with Crippen LogP contribution in [0.1, 0.15) is 16.1 Å². The number of hydrogen-bond donors (Lipinski definition) is 1. The zero-order valence-electron chi connectivity index (χ0n) is 14.8. The summed E-state index contributed by atoms with van der Waals surface area (Å²) in [6.07, 6.45) is 2.49. The molecule has 2 heterocycles. The quantitative estimate of drug-likeness (QED) is 0.477. The number of carbonyl (C=O) groups excluding carboxylic acids is 1. The standard InChI is InChI=1S/C21H16FN3OS2/c22-16-8-4-5-14(9-16)10-18-12-23-21(28-18)25-19(26)11-17-13-27-20(24-17)15-6-2-1-3-7-15/h1-9,12-13H,10-11H2,(H,23,25,26). The van der Waals surface area contributed by atoms with Gasteiger partial charge in [0, 0.05) is 28.4 Å². The zero-order chi connectivity index (χ0) is 19.3. The van der Waals surface area contributed by atoms with Crippen LogP contribution in [-0.2, 0) is 17.6 Å². The number of thiazole rings is 2. The Morgan fingerprint density at radius 3 is 2.79 bits per heavy atom. The summed E-state index contributed by atoms with van der Waals surface area (Å²) in [7, 11) is 0. The van der Waals surface area contributed by atoms with Crippen molar-refractivity contribution in [2.75, 3.05) is 5.32 Å². The second-order valence-corrected chi connectivity index (χ2v) is 8.15. The van der Waals surface area contributed by atoms with Gasteiger partial charge in [-0.1, -0.05) is 42.5 Å².